The van der Waals surface area contributed by atoms with Crippen molar-refractivity contribution in [2.24, 2.45) is 11.8 Å². The Morgan fingerprint density at radius 1 is 1.09 bits per heavy atom. The highest BCUT2D eigenvalue weighted by atomic mass is 79.9. The standard InChI is InChI=1S/C27H30Br2O5S/c1-14(2)20-12-18(16(5)23(28)25(20)30)11-19-9-7-8-10-27(19,35(32,33)34)22-13-21(15(3)4)26(31)24(29)17(22)6/h7-15,19,31H,1-6H3,(H,32,33,34). The van der Waals surface area contributed by atoms with Crippen molar-refractivity contribution in [1.29, 1.82) is 0 Å². The summed E-state index contributed by atoms with van der Waals surface area (Å²) in [6, 6.07) is 1.67. The van der Waals surface area contributed by atoms with Crippen LogP contribution in [0.1, 0.15) is 57.2 Å². The first kappa shape index (κ1) is 27.8. The molecular formula is C27H30Br2O5S. The van der Waals surface area contributed by atoms with E-state index in [2.05, 4.69) is 31.9 Å². The van der Waals surface area contributed by atoms with Crippen LogP contribution in [-0.4, -0.2) is 23.9 Å². The maximum absolute atomic E-state index is 13.2. The number of carbonyl (C=O) groups excluding carboxylic acids is 1. The minimum Gasteiger partial charge on any atom is -0.506 e. The minimum absolute atomic E-state index is 0.0245. The van der Waals surface area contributed by atoms with Crippen molar-refractivity contribution in [3.8, 4) is 5.75 Å². The lowest BCUT2D eigenvalue weighted by Gasteiger charge is -2.37. The van der Waals surface area contributed by atoms with Crippen LogP contribution in [0.2, 0.25) is 0 Å². The van der Waals surface area contributed by atoms with Gasteiger partial charge in [0.2, 0.25) is 0 Å². The maximum atomic E-state index is 13.2. The van der Waals surface area contributed by atoms with E-state index in [9.17, 15) is 22.9 Å². The van der Waals surface area contributed by atoms with Crippen LogP contribution >= 0.6 is 31.9 Å². The van der Waals surface area contributed by atoms with Gasteiger partial charge in [-0.25, -0.2) is 0 Å². The Hall–Kier alpha value is -1.74. The largest absolute Gasteiger partial charge is 0.506 e. The molecule has 8 heteroatoms. The van der Waals surface area contributed by atoms with Crippen molar-refractivity contribution in [2.45, 2.75) is 52.2 Å². The van der Waals surface area contributed by atoms with E-state index in [1.54, 1.807) is 50.3 Å². The molecule has 2 atom stereocenters. The third kappa shape index (κ3) is 4.70. The second-order valence-corrected chi connectivity index (χ2v) is 12.8. The van der Waals surface area contributed by atoms with Gasteiger partial charge in [0.1, 0.15) is 5.75 Å². The van der Waals surface area contributed by atoms with Crippen LogP contribution in [0.15, 0.2) is 68.2 Å². The molecule has 0 fully saturated rings. The Kier molecular flexibility index (Phi) is 7.92. The zero-order chi connectivity index (χ0) is 26.5. The van der Waals surface area contributed by atoms with Crippen molar-refractivity contribution in [3.63, 3.8) is 0 Å². The van der Waals surface area contributed by atoms with Gasteiger partial charge >= 0.3 is 0 Å². The zero-order valence-electron chi connectivity index (χ0n) is 20.6. The molecule has 5 nitrogen and oxygen atoms in total. The van der Waals surface area contributed by atoms with Gasteiger partial charge < -0.3 is 5.11 Å². The van der Waals surface area contributed by atoms with Crippen LogP contribution in [0.4, 0.5) is 0 Å². The lowest BCUT2D eigenvalue weighted by molar-refractivity contribution is -0.112. The number of aromatic hydroxyl groups is 1. The third-order valence-corrected chi connectivity index (χ3v) is 10.2. The lowest BCUT2D eigenvalue weighted by atomic mass is 9.77. The molecule has 3 rings (SSSR count). The number of benzene rings is 1. The third-order valence-electron chi connectivity index (χ3n) is 6.77. The van der Waals surface area contributed by atoms with E-state index in [0.717, 1.165) is 0 Å². The second kappa shape index (κ2) is 9.96. The summed E-state index contributed by atoms with van der Waals surface area (Å²) in [5, 5.41) is 10.7. The second-order valence-electron chi connectivity index (χ2n) is 9.64. The van der Waals surface area contributed by atoms with Gasteiger partial charge in [0.25, 0.3) is 10.1 Å². The molecule has 35 heavy (non-hydrogen) atoms. The Morgan fingerprint density at radius 3 is 2.26 bits per heavy atom. The van der Waals surface area contributed by atoms with Crippen molar-refractivity contribution in [2.75, 3.05) is 0 Å². The molecule has 0 spiro atoms. The van der Waals surface area contributed by atoms with Gasteiger partial charge in [-0.05, 0) is 97.5 Å². The maximum Gasteiger partial charge on any atom is 0.279 e. The first-order valence-corrected chi connectivity index (χ1v) is 14.4. The molecule has 2 aliphatic rings. The van der Waals surface area contributed by atoms with Gasteiger partial charge in [0, 0.05) is 11.5 Å². The molecule has 1 aromatic carbocycles. The predicted octanol–water partition coefficient (Wildman–Crippen LogP) is 7.17. The molecule has 0 radical (unpaired) electrons. The zero-order valence-corrected chi connectivity index (χ0v) is 24.5. The number of phenols is 1. The van der Waals surface area contributed by atoms with Gasteiger partial charge in [-0.1, -0.05) is 58.1 Å². The summed E-state index contributed by atoms with van der Waals surface area (Å²) in [5.41, 5.74) is 3.47. The summed E-state index contributed by atoms with van der Waals surface area (Å²) in [4.78, 5) is 12.7. The summed E-state index contributed by atoms with van der Waals surface area (Å²) in [6.07, 6.45) is 10.2. The van der Waals surface area contributed by atoms with Gasteiger partial charge in [-0.3, -0.25) is 9.35 Å². The molecular weight excluding hydrogens is 596 g/mol. The van der Waals surface area contributed by atoms with Crippen LogP contribution in [0.25, 0.3) is 0 Å². The Labute approximate surface area is 224 Å². The summed E-state index contributed by atoms with van der Waals surface area (Å²) in [5.74, 6) is -0.944. The first-order chi connectivity index (χ1) is 16.1. The van der Waals surface area contributed by atoms with Gasteiger partial charge in [-0.15, -0.1) is 0 Å². The average molecular weight is 626 g/mol. The number of Topliss-reactive ketones (excluding diaryl/α,β-unsaturated/α-hetero) is 1. The fourth-order valence-corrected chi connectivity index (χ4v) is 6.77. The molecule has 0 saturated heterocycles. The fraction of sp³-hybridized carbons (Fsp3) is 0.370. The van der Waals surface area contributed by atoms with E-state index in [0.29, 0.717) is 42.4 Å². The summed E-state index contributed by atoms with van der Waals surface area (Å²) < 4.78 is 36.2. The van der Waals surface area contributed by atoms with Crippen LogP contribution in [0.5, 0.6) is 5.75 Å². The van der Waals surface area contributed by atoms with Gasteiger partial charge in [-0.2, -0.15) is 8.42 Å². The normalized spacial score (nSPS) is 24.2. The molecule has 0 bridgehead atoms. The molecule has 2 unspecified atom stereocenters. The Balaban J connectivity index is 2.39. The van der Waals surface area contributed by atoms with Crippen LogP contribution in [0.3, 0.4) is 0 Å². The number of hydrogen-bond donors (Lipinski definition) is 2. The van der Waals surface area contributed by atoms with Crippen molar-refractivity contribution < 1.29 is 22.9 Å². The van der Waals surface area contributed by atoms with E-state index < -0.39 is 20.8 Å². The summed E-state index contributed by atoms with van der Waals surface area (Å²) >= 11 is 6.84. The molecule has 0 aliphatic heterocycles. The number of phenolic OH excluding ortho intramolecular Hbond substituents is 1. The Bertz CT molecular complexity index is 1340. The number of hydrogen-bond acceptors (Lipinski definition) is 4. The highest BCUT2D eigenvalue weighted by molar-refractivity contribution is 9.12. The van der Waals surface area contributed by atoms with Crippen LogP contribution in [0, 0.1) is 18.8 Å². The van der Waals surface area contributed by atoms with Crippen molar-refractivity contribution in [3.05, 3.63) is 84.9 Å². The average Bonchev–Trinajstić information content (AvgIpc) is 2.77. The Morgan fingerprint density at radius 2 is 1.71 bits per heavy atom. The molecule has 188 valence electrons. The van der Waals surface area contributed by atoms with Crippen molar-refractivity contribution in [1.82, 2.24) is 0 Å². The first-order valence-electron chi connectivity index (χ1n) is 11.3. The number of halogens is 2. The topological polar surface area (TPSA) is 91.7 Å². The molecule has 0 heterocycles. The van der Waals surface area contributed by atoms with Crippen LogP contribution < -0.4 is 0 Å². The minimum atomic E-state index is -4.71. The van der Waals surface area contributed by atoms with Gasteiger partial charge in [0.15, 0.2) is 10.5 Å². The van der Waals surface area contributed by atoms with E-state index in [-0.39, 0.29) is 23.4 Å². The van der Waals surface area contributed by atoms with Crippen molar-refractivity contribution >= 4 is 47.8 Å². The van der Waals surface area contributed by atoms with E-state index in [1.165, 1.54) is 6.08 Å². The summed E-state index contributed by atoms with van der Waals surface area (Å²) in [6.45, 7) is 11.2. The number of ketones is 1. The summed E-state index contributed by atoms with van der Waals surface area (Å²) in [7, 11) is -4.71. The van der Waals surface area contributed by atoms with E-state index in [1.807, 2.05) is 27.7 Å². The molecule has 2 aliphatic carbocycles. The molecule has 1 aromatic rings. The SMILES string of the molecule is CC1=C(Br)C(=O)C(C(C)C)=CC1=CC1C=CC=CC1(c1cc(C(C)C)c(O)c(Br)c1C)S(=O)(=O)O. The molecule has 0 saturated carbocycles. The monoisotopic (exact) mass is 624 g/mol. The lowest BCUT2D eigenvalue weighted by Crippen LogP contribution is -2.41. The molecule has 0 aromatic heterocycles. The fourth-order valence-electron chi connectivity index (χ4n) is 4.64. The quantitative estimate of drug-likeness (QED) is 0.338. The van der Waals surface area contributed by atoms with Gasteiger partial charge in [0.05, 0.1) is 8.96 Å². The van der Waals surface area contributed by atoms with E-state index in [4.69, 9.17) is 0 Å². The van der Waals surface area contributed by atoms with Crippen LogP contribution in [-0.2, 0) is 19.7 Å². The number of rotatable bonds is 5. The predicted molar refractivity (Wildman–Crippen MR) is 147 cm³/mol. The van der Waals surface area contributed by atoms with E-state index >= 15 is 0 Å². The number of carbonyl (C=O) groups is 1. The highest BCUT2D eigenvalue weighted by Gasteiger charge is 2.50. The molecule has 2 N–H and O–H groups in total. The molecule has 0 amide bonds. The highest BCUT2D eigenvalue weighted by Crippen LogP contribution is 2.49. The smallest absolute Gasteiger partial charge is 0.279 e. The number of allylic oxidation sites excluding steroid dienone is 9.